The van der Waals surface area contributed by atoms with Crippen molar-refractivity contribution in [3.63, 3.8) is 0 Å². The van der Waals surface area contributed by atoms with Gasteiger partial charge in [0, 0.05) is 45.1 Å². The van der Waals surface area contributed by atoms with Gasteiger partial charge < -0.3 is 15.2 Å². The highest BCUT2D eigenvalue weighted by Crippen LogP contribution is 2.31. The van der Waals surface area contributed by atoms with Gasteiger partial charge in [0.1, 0.15) is 5.37 Å². The van der Waals surface area contributed by atoms with Crippen LogP contribution in [0.25, 0.3) is 0 Å². The molecule has 0 aromatic rings. The number of rotatable bonds is 6. The molecule has 114 valence electrons. The predicted molar refractivity (Wildman–Crippen MR) is 77.9 cm³/mol. The van der Waals surface area contributed by atoms with Crippen molar-refractivity contribution in [2.24, 2.45) is 5.73 Å². The van der Waals surface area contributed by atoms with E-state index in [2.05, 4.69) is 0 Å². The highest BCUT2D eigenvalue weighted by molar-refractivity contribution is 8.00. The summed E-state index contributed by atoms with van der Waals surface area (Å²) in [4.78, 5) is 1.91. The smallest absolute Gasteiger partial charge is 0.176 e. The first-order chi connectivity index (χ1) is 8.81. The Morgan fingerprint density at radius 2 is 2.05 bits per heavy atom. The fraction of sp³-hybridized carbons (Fsp3) is 1.00. The maximum Gasteiger partial charge on any atom is 0.176 e. The van der Waals surface area contributed by atoms with E-state index in [0.717, 1.165) is 5.75 Å². The van der Waals surface area contributed by atoms with Crippen molar-refractivity contribution in [1.29, 1.82) is 0 Å². The van der Waals surface area contributed by atoms with Crippen molar-refractivity contribution < 1.29 is 17.9 Å². The topological polar surface area (TPSA) is 81.9 Å². The molecule has 0 aromatic carbocycles. The van der Waals surface area contributed by atoms with Crippen LogP contribution in [0.4, 0.5) is 0 Å². The molecule has 1 fully saturated rings. The van der Waals surface area contributed by atoms with Gasteiger partial charge in [0.25, 0.3) is 0 Å². The van der Waals surface area contributed by atoms with Gasteiger partial charge in [0.15, 0.2) is 16.1 Å². The maximum absolute atomic E-state index is 12.0. The van der Waals surface area contributed by atoms with E-state index in [-0.39, 0.29) is 6.54 Å². The molecular formula is C11H24N2O4S2. The highest BCUT2D eigenvalue weighted by Gasteiger charge is 2.46. The molecule has 0 aliphatic carbocycles. The maximum atomic E-state index is 12.0. The molecule has 1 rings (SSSR count). The summed E-state index contributed by atoms with van der Waals surface area (Å²) in [5.74, 6) is 1.43. The van der Waals surface area contributed by atoms with Crippen molar-refractivity contribution in [1.82, 2.24) is 4.90 Å². The van der Waals surface area contributed by atoms with Crippen LogP contribution in [0.3, 0.4) is 0 Å². The fourth-order valence-corrected chi connectivity index (χ4v) is 5.43. The third-order valence-electron chi connectivity index (χ3n) is 3.58. The first-order valence-corrected chi connectivity index (χ1v) is 9.21. The zero-order valence-corrected chi connectivity index (χ0v) is 13.6. The van der Waals surface area contributed by atoms with E-state index in [4.69, 9.17) is 15.2 Å². The van der Waals surface area contributed by atoms with Gasteiger partial charge in [-0.05, 0) is 6.92 Å². The van der Waals surface area contributed by atoms with E-state index < -0.39 is 27.0 Å². The van der Waals surface area contributed by atoms with Crippen LogP contribution in [-0.4, -0.2) is 75.6 Å². The molecule has 19 heavy (non-hydrogen) atoms. The molecule has 0 aromatic heterocycles. The lowest BCUT2D eigenvalue weighted by Crippen LogP contribution is -2.66. The van der Waals surface area contributed by atoms with Crippen LogP contribution in [0, 0.1) is 0 Å². The van der Waals surface area contributed by atoms with Crippen molar-refractivity contribution >= 4 is 21.6 Å². The average molecular weight is 312 g/mol. The molecular weight excluding hydrogens is 288 g/mol. The second-order valence-corrected chi connectivity index (χ2v) is 8.27. The van der Waals surface area contributed by atoms with Gasteiger partial charge in [-0.25, -0.2) is 8.42 Å². The van der Waals surface area contributed by atoms with Crippen molar-refractivity contribution in [3.8, 4) is 0 Å². The Morgan fingerprint density at radius 1 is 1.47 bits per heavy atom. The van der Waals surface area contributed by atoms with Gasteiger partial charge in [-0.2, -0.15) is 11.8 Å². The molecule has 8 heteroatoms. The Kier molecular flexibility index (Phi) is 6.09. The zero-order chi connectivity index (χ0) is 14.7. The Bertz CT molecular complexity index is 386. The summed E-state index contributed by atoms with van der Waals surface area (Å²) in [6, 6.07) is 0. The monoisotopic (exact) mass is 312 g/mol. The summed E-state index contributed by atoms with van der Waals surface area (Å²) in [7, 11) is -0.104. The number of sulfone groups is 1. The second-order valence-electron chi connectivity index (χ2n) is 4.92. The third-order valence-corrected chi connectivity index (χ3v) is 6.23. The largest absolute Gasteiger partial charge is 0.354 e. The van der Waals surface area contributed by atoms with Crippen LogP contribution in [-0.2, 0) is 19.3 Å². The van der Waals surface area contributed by atoms with Gasteiger partial charge in [0.2, 0.25) is 0 Å². The number of thioether (sulfide) groups is 1. The number of hydrogen-bond donors (Lipinski definition) is 1. The Labute approximate surface area is 119 Å². The number of hydrogen-bond acceptors (Lipinski definition) is 7. The molecule has 2 unspecified atom stereocenters. The molecule has 1 aliphatic rings. The van der Waals surface area contributed by atoms with Gasteiger partial charge in [-0.1, -0.05) is 0 Å². The lowest BCUT2D eigenvalue weighted by atomic mass is 9.98. The zero-order valence-electron chi connectivity index (χ0n) is 12.0. The average Bonchev–Trinajstić information content (AvgIpc) is 2.38. The Hall–Kier alpha value is 0.140. The molecule has 2 N–H and O–H groups in total. The van der Waals surface area contributed by atoms with Crippen LogP contribution in [0.1, 0.15) is 6.92 Å². The first kappa shape index (κ1) is 17.2. The summed E-state index contributed by atoms with van der Waals surface area (Å²) in [5, 5.41) is -0.549. The van der Waals surface area contributed by atoms with Crippen LogP contribution in [0.2, 0.25) is 0 Å². The molecule has 1 saturated heterocycles. The summed E-state index contributed by atoms with van der Waals surface area (Å²) in [6.07, 6.45) is 0.701. The van der Waals surface area contributed by atoms with Gasteiger partial charge >= 0.3 is 0 Å². The van der Waals surface area contributed by atoms with E-state index >= 15 is 0 Å². The molecule has 1 heterocycles. The molecule has 6 nitrogen and oxygen atoms in total. The minimum Gasteiger partial charge on any atom is -0.354 e. The molecule has 2 atom stereocenters. The van der Waals surface area contributed by atoms with Crippen molar-refractivity contribution in [2.45, 2.75) is 24.1 Å². The number of nitrogens with zero attached hydrogens (tertiary/aromatic N) is 1. The quantitative estimate of drug-likeness (QED) is 0.677. The first-order valence-electron chi connectivity index (χ1n) is 6.10. The number of methoxy groups -OCH3 is 2. The summed E-state index contributed by atoms with van der Waals surface area (Å²) in [6.45, 7) is 2.80. The van der Waals surface area contributed by atoms with E-state index in [1.807, 2.05) is 11.8 Å². The van der Waals surface area contributed by atoms with E-state index in [1.54, 1.807) is 11.8 Å². The van der Waals surface area contributed by atoms with Crippen LogP contribution < -0.4 is 5.73 Å². The van der Waals surface area contributed by atoms with Gasteiger partial charge in [-0.3, -0.25) is 4.90 Å². The third kappa shape index (κ3) is 3.62. The van der Waals surface area contributed by atoms with Crippen LogP contribution >= 0.6 is 11.8 Å². The minimum absolute atomic E-state index is 0.260. The number of nitrogens with two attached hydrogens (primary N) is 1. The van der Waals surface area contributed by atoms with Gasteiger partial charge in [0.05, 0.1) is 5.54 Å². The SMILES string of the molecule is COC(OC)C(C)(CN)N1CCSCC1S(C)(=O)=O. The van der Waals surface area contributed by atoms with E-state index in [9.17, 15) is 8.42 Å². The summed E-state index contributed by atoms with van der Waals surface area (Å²) in [5.41, 5.74) is 5.22. The Morgan fingerprint density at radius 3 is 2.47 bits per heavy atom. The van der Waals surface area contributed by atoms with Crippen LogP contribution in [0.15, 0.2) is 0 Å². The Balaban J connectivity index is 3.12. The highest BCUT2D eigenvalue weighted by atomic mass is 32.2. The molecule has 0 saturated carbocycles. The van der Waals surface area contributed by atoms with Crippen molar-refractivity contribution in [2.75, 3.05) is 45.1 Å². The summed E-state index contributed by atoms with van der Waals surface area (Å²) >= 11 is 1.64. The molecule has 0 amide bonds. The fourth-order valence-electron chi connectivity index (χ4n) is 2.47. The second kappa shape index (κ2) is 6.73. The van der Waals surface area contributed by atoms with E-state index in [0.29, 0.717) is 12.3 Å². The predicted octanol–water partition coefficient (Wildman–Crippen LogP) is -0.258. The van der Waals surface area contributed by atoms with Gasteiger partial charge in [-0.15, -0.1) is 0 Å². The summed E-state index contributed by atoms with van der Waals surface area (Å²) < 4.78 is 34.6. The van der Waals surface area contributed by atoms with E-state index in [1.165, 1.54) is 20.5 Å². The lowest BCUT2D eigenvalue weighted by Gasteiger charge is -2.48. The number of ether oxygens (including phenoxy) is 2. The normalized spacial score (nSPS) is 25.5. The minimum atomic E-state index is -3.18. The lowest BCUT2D eigenvalue weighted by molar-refractivity contribution is -0.182. The molecule has 0 bridgehead atoms. The van der Waals surface area contributed by atoms with Crippen molar-refractivity contribution in [3.05, 3.63) is 0 Å². The molecule has 0 radical (unpaired) electrons. The molecule has 1 aliphatic heterocycles. The standard InChI is InChI=1S/C11H24N2O4S2/c1-11(8-12,10(16-2)17-3)13-5-6-18-7-9(13)19(4,14)15/h9-10H,5-8,12H2,1-4H3. The molecule has 0 spiro atoms. The van der Waals surface area contributed by atoms with Crippen LogP contribution in [0.5, 0.6) is 0 Å².